The highest BCUT2D eigenvalue weighted by atomic mass is 32.2. The molecule has 110 valence electrons. The van der Waals surface area contributed by atoms with E-state index < -0.39 is 20.9 Å². The summed E-state index contributed by atoms with van der Waals surface area (Å²) < 4.78 is 22.6. The monoisotopic (exact) mass is 300 g/mol. The first-order chi connectivity index (χ1) is 9.37. The number of aliphatic hydroxyl groups is 1. The van der Waals surface area contributed by atoms with Crippen LogP contribution in [0.5, 0.6) is 0 Å². The molecule has 7 nitrogen and oxygen atoms in total. The summed E-state index contributed by atoms with van der Waals surface area (Å²) >= 11 is 0. The Balaban J connectivity index is 1.89. The number of non-ortho nitro benzene ring substituents is 1. The second kappa shape index (κ2) is 5.86. The van der Waals surface area contributed by atoms with Crippen molar-refractivity contribution >= 4 is 15.5 Å². The maximum Gasteiger partial charge on any atom is 0.269 e. The van der Waals surface area contributed by atoms with E-state index >= 15 is 0 Å². The van der Waals surface area contributed by atoms with Gasteiger partial charge < -0.3 is 10.4 Å². The molecule has 1 heterocycles. The normalized spacial score (nSPS) is 22.6. The summed E-state index contributed by atoms with van der Waals surface area (Å²) in [4.78, 5) is 10.0. The van der Waals surface area contributed by atoms with E-state index in [9.17, 15) is 23.6 Å². The lowest BCUT2D eigenvalue weighted by atomic mass is 10.1. The summed E-state index contributed by atoms with van der Waals surface area (Å²) in [5, 5.41) is 23.5. The number of sulfone groups is 1. The van der Waals surface area contributed by atoms with E-state index in [-0.39, 0.29) is 29.8 Å². The third-order valence-electron chi connectivity index (χ3n) is 3.32. The maximum absolute atomic E-state index is 11.3. The zero-order chi connectivity index (χ0) is 14.8. The van der Waals surface area contributed by atoms with Gasteiger partial charge >= 0.3 is 0 Å². The van der Waals surface area contributed by atoms with Crippen molar-refractivity contribution in [3.05, 3.63) is 39.9 Å². The highest BCUT2D eigenvalue weighted by Gasteiger charge is 2.27. The van der Waals surface area contributed by atoms with Crippen LogP contribution in [-0.4, -0.2) is 42.5 Å². The molecule has 1 saturated heterocycles. The van der Waals surface area contributed by atoms with Gasteiger partial charge in [0.25, 0.3) is 5.69 Å². The minimum atomic E-state index is -2.94. The highest BCUT2D eigenvalue weighted by Crippen LogP contribution is 2.18. The van der Waals surface area contributed by atoms with Gasteiger partial charge in [-0.05, 0) is 24.1 Å². The van der Waals surface area contributed by atoms with E-state index in [2.05, 4.69) is 5.32 Å². The van der Waals surface area contributed by atoms with Gasteiger partial charge in [0.05, 0.1) is 22.5 Å². The van der Waals surface area contributed by atoms with Gasteiger partial charge in [0, 0.05) is 24.7 Å². The number of nitrogens with one attached hydrogen (secondary N) is 1. The lowest BCUT2D eigenvalue weighted by Gasteiger charge is -2.15. The van der Waals surface area contributed by atoms with Gasteiger partial charge in [0.1, 0.15) is 0 Å². The lowest BCUT2D eigenvalue weighted by molar-refractivity contribution is -0.384. The molecule has 0 aliphatic carbocycles. The van der Waals surface area contributed by atoms with E-state index in [0.717, 1.165) is 0 Å². The van der Waals surface area contributed by atoms with Crippen LogP contribution in [0.1, 0.15) is 18.1 Å². The fourth-order valence-corrected chi connectivity index (χ4v) is 3.88. The Bertz CT molecular complexity index is 584. The predicted molar refractivity (Wildman–Crippen MR) is 73.1 cm³/mol. The summed E-state index contributed by atoms with van der Waals surface area (Å²) in [7, 11) is -2.94. The zero-order valence-corrected chi connectivity index (χ0v) is 11.5. The van der Waals surface area contributed by atoms with Gasteiger partial charge in [-0.25, -0.2) is 8.42 Å². The predicted octanol–water partition coefficient (Wildman–Crippen LogP) is 0.405. The summed E-state index contributed by atoms with van der Waals surface area (Å²) in [5.74, 6) is 0.276. The number of nitro groups is 1. The molecule has 0 radical (unpaired) electrons. The second-order valence-electron chi connectivity index (χ2n) is 4.87. The molecule has 0 aromatic heterocycles. The smallest absolute Gasteiger partial charge is 0.269 e. The Morgan fingerprint density at radius 3 is 2.55 bits per heavy atom. The Kier molecular flexibility index (Phi) is 4.36. The molecule has 2 atom stereocenters. The average molecular weight is 300 g/mol. The van der Waals surface area contributed by atoms with Crippen LogP contribution >= 0.6 is 0 Å². The third kappa shape index (κ3) is 3.75. The first-order valence-corrected chi connectivity index (χ1v) is 8.06. The molecule has 1 fully saturated rings. The number of nitrogens with zero attached hydrogens (tertiary/aromatic N) is 1. The molecule has 0 amide bonds. The van der Waals surface area contributed by atoms with Crippen molar-refractivity contribution in [2.45, 2.75) is 18.6 Å². The van der Waals surface area contributed by atoms with Crippen LogP contribution in [0.4, 0.5) is 5.69 Å². The van der Waals surface area contributed by atoms with Crippen LogP contribution in [0.2, 0.25) is 0 Å². The zero-order valence-electron chi connectivity index (χ0n) is 10.7. The molecule has 2 N–H and O–H groups in total. The Hall–Kier alpha value is -1.51. The first-order valence-electron chi connectivity index (χ1n) is 6.23. The number of hydrogen-bond acceptors (Lipinski definition) is 6. The van der Waals surface area contributed by atoms with E-state index in [0.29, 0.717) is 12.0 Å². The molecule has 1 aromatic rings. The minimum Gasteiger partial charge on any atom is -0.387 e. The van der Waals surface area contributed by atoms with Gasteiger partial charge in [-0.1, -0.05) is 0 Å². The number of nitro benzene ring substituents is 1. The van der Waals surface area contributed by atoms with E-state index in [1.165, 1.54) is 24.3 Å². The average Bonchev–Trinajstić information content (AvgIpc) is 2.75. The fourth-order valence-electron chi connectivity index (χ4n) is 2.17. The van der Waals surface area contributed by atoms with Crippen molar-refractivity contribution < 1.29 is 18.4 Å². The largest absolute Gasteiger partial charge is 0.387 e. The molecular weight excluding hydrogens is 284 g/mol. The number of aliphatic hydroxyl groups excluding tert-OH is 1. The Labute approximate surface area is 116 Å². The standard InChI is InChI=1S/C12H16N2O5S/c15-12(7-13-10-5-6-20(18,19)8-10)9-1-3-11(4-2-9)14(16)17/h1-4,10,12-13,15H,5-8H2. The van der Waals surface area contributed by atoms with Gasteiger partial charge in [-0.15, -0.1) is 0 Å². The quantitative estimate of drug-likeness (QED) is 0.602. The summed E-state index contributed by atoms with van der Waals surface area (Å²) in [5.41, 5.74) is 0.528. The van der Waals surface area contributed by atoms with E-state index in [1.807, 2.05) is 0 Å². The molecule has 2 rings (SSSR count). The molecule has 20 heavy (non-hydrogen) atoms. The first kappa shape index (κ1) is 14.9. The topological polar surface area (TPSA) is 110 Å². The molecule has 2 unspecified atom stereocenters. The Morgan fingerprint density at radius 2 is 2.05 bits per heavy atom. The van der Waals surface area contributed by atoms with Crippen molar-refractivity contribution in [2.24, 2.45) is 0 Å². The molecule has 1 aliphatic rings. The number of benzene rings is 1. The van der Waals surface area contributed by atoms with Crippen LogP contribution in [0.3, 0.4) is 0 Å². The second-order valence-corrected chi connectivity index (χ2v) is 7.10. The van der Waals surface area contributed by atoms with E-state index in [1.54, 1.807) is 0 Å². The van der Waals surface area contributed by atoms with Gasteiger partial charge in [0.15, 0.2) is 9.84 Å². The van der Waals surface area contributed by atoms with Crippen molar-refractivity contribution in [3.8, 4) is 0 Å². The molecule has 0 bridgehead atoms. The van der Waals surface area contributed by atoms with Crippen molar-refractivity contribution in [3.63, 3.8) is 0 Å². The summed E-state index contributed by atoms with van der Waals surface area (Å²) in [6, 6.07) is 5.52. The van der Waals surface area contributed by atoms with Crippen molar-refractivity contribution in [1.82, 2.24) is 5.32 Å². The molecule has 1 aromatic carbocycles. The molecule has 0 spiro atoms. The van der Waals surface area contributed by atoms with Crippen LogP contribution in [0, 0.1) is 10.1 Å². The summed E-state index contributed by atoms with van der Waals surface area (Å²) in [6.45, 7) is 0.220. The minimum absolute atomic E-state index is 0.0317. The maximum atomic E-state index is 11.3. The third-order valence-corrected chi connectivity index (χ3v) is 5.09. The van der Waals surface area contributed by atoms with Crippen molar-refractivity contribution in [1.29, 1.82) is 0 Å². The van der Waals surface area contributed by atoms with Gasteiger partial charge in [0.2, 0.25) is 0 Å². The fraction of sp³-hybridized carbons (Fsp3) is 0.500. The van der Waals surface area contributed by atoms with Crippen LogP contribution in [0.15, 0.2) is 24.3 Å². The van der Waals surface area contributed by atoms with Gasteiger partial charge in [-0.3, -0.25) is 10.1 Å². The molecular formula is C12H16N2O5S. The number of hydrogen-bond donors (Lipinski definition) is 2. The number of rotatable bonds is 5. The molecule has 1 aliphatic heterocycles. The summed E-state index contributed by atoms with van der Waals surface area (Å²) in [6.07, 6.45) is -0.269. The van der Waals surface area contributed by atoms with Crippen LogP contribution < -0.4 is 5.32 Å². The van der Waals surface area contributed by atoms with Crippen molar-refractivity contribution in [2.75, 3.05) is 18.1 Å². The molecule has 0 saturated carbocycles. The Morgan fingerprint density at radius 1 is 1.40 bits per heavy atom. The SMILES string of the molecule is O=[N+]([O-])c1ccc(C(O)CNC2CCS(=O)(=O)C2)cc1. The van der Waals surface area contributed by atoms with E-state index in [4.69, 9.17) is 0 Å². The highest BCUT2D eigenvalue weighted by molar-refractivity contribution is 7.91. The van der Waals surface area contributed by atoms with Crippen LogP contribution in [-0.2, 0) is 9.84 Å². The van der Waals surface area contributed by atoms with Crippen LogP contribution in [0.25, 0.3) is 0 Å². The lowest BCUT2D eigenvalue weighted by Crippen LogP contribution is -2.33. The molecule has 8 heteroatoms. The van der Waals surface area contributed by atoms with Gasteiger partial charge in [-0.2, -0.15) is 0 Å².